The molecule has 2 aliphatic heterocycles. The van der Waals surface area contributed by atoms with Crippen LogP contribution >= 0.6 is 11.6 Å². The third kappa shape index (κ3) is 2.89. The van der Waals surface area contributed by atoms with Crippen LogP contribution in [-0.4, -0.2) is 40.1 Å². The minimum atomic E-state index is -0.313. The van der Waals surface area contributed by atoms with E-state index in [0.29, 0.717) is 34.7 Å². The van der Waals surface area contributed by atoms with E-state index < -0.39 is 0 Å². The lowest BCUT2D eigenvalue weighted by Crippen LogP contribution is -2.64. The molecule has 0 radical (unpaired) electrons. The molecule has 2 aliphatic carbocycles. The van der Waals surface area contributed by atoms with E-state index in [4.69, 9.17) is 16.3 Å². The summed E-state index contributed by atoms with van der Waals surface area (Å²) >= 11 is 5.90. The van der Waals surface area contributed by atoms with E-state index in [-0.39, 0.29) is 11.3 Å². The first-order valence-electron chi connectivity index (χ1n) is 9.64. The van der Waals surface area contributed by atoms with Gasteiger partial charge in [0.15, 0.2) is 0 Å². The standard InChI is InChI=1S/C20H22ClN5O2/c1-28-18-3-2-13(9-24-18)25-19(27)20-6-12-4-14(7-20)26(15(5-12)8-20)17-11-22-16(21)10-23-17/h2-3,9-12,14-15H,4-8H2,1H3,(H,25,27). The Bertz CT molecular complexity index is 872. The van der Waals surface area contributed by atoms with Crippen LogP contribution in [0.25, 0.3) is 0 Å². The Labute approximate surface area is 168 Å². The predicted octanol–water partition coefficient (Wildman–Crippen LogP) is 3.31. The first-order chi connectivity index (χ1) is 13.6. The van der Waals surface area contributed by atoms with Gasteiger partial charge in [0, 0.05) is 18.2 Å². The maximum atomic E-state index is 13.3. The molecule has 4 aliphatic rings. The van der Waals surface area contributed by atoms with E-state index in [1.165, 1.54) is 0 Å². The third-order valence-corrected chi connectivity index (χ3v) is 6.68. The summed E-state index contributed by atoms with van der Waals surface area (Å²) in [5.41, 5.74) is 0.397. The quantitative estimate of drug-likeness (QED) is 0.849. The maximum Gasteiger partial charge on any atom is 0.230 e. The fourth-order valence-electron chi connectivity index (χ4n) is 5.56. The van der Waals surface area contributed by atoms with Crippen LogP contribution in [0.15, 0.2) is 30.7 Å². The van der Waals surface area contributed by atoms with Crippen LogP contribution in [0.4, 0.5) is 11.5 Å². The highest BCUT2D eigenvalue weighted by atomic mass is 35.5. The lowest BCUT2D eigenvalue weighted by atomic mass is 9.55. The molecule has 7 nitrogen and oxygen atoms in total. The van der Waals surface area contributed by atoms with Crippen LogP contribution in [0.5, 0.6) is 5.88 Å². The molecule has 4 heterocycles. The molecular weight excluding hydrogens is 378 g/mol. The van der Waals surface area contributed by atoms with Crippen LogP contribution in [0, 0.1) is 11.3 Å². The molecular formula is C20H22ClN5O2. The molecule has 0 aromatic carbocycles. The molecule has 28 heavy (non-hydrogen) atoms. The maximum absolute atomic E-state index is 13.3. The summed E-state index contributed by atoms with van der Waals surface area (Å²) in [7, 11) is 1.58. The molecule has 4 fully saturated rings. The average Bonchev–Trinajstić information content (AvgIpc) is 2.69. The van der Waals surface area contributed by atoms with Gasteiger partial charge in [-0.05, 0) is 44.1 Å². The van der Waals surface area contributed by atoms with Crippen molar-refractivity contribution in [3.63, 3.8) is 0 Å². The van der Waals surface area contributed by atoms with Crippen molar-refractivity contribution < 1.29 is 9.53 Å². The van der Waals surface area contributed by atoms with Crippen LogP contribution < -0.4 is 15.0 Å². The molecule has 146 valence electrons. The largest absolute Gasteiger partial charge is 0.481 e. The molecule has 2 saturated heterocycles. The highest BCUT2D eigenvalue weighted by Gasteiger charge is 2.58. The number of carbonyl (C=O) groups excluding carboxylic acids is 1. The summed E-state index contributed by atoms with van der Waals surface area (Å²) in [6.07, 6.45) is 9.88. The van der Waals surface area contributed by atoms with Crippen molar-refractivity contribution in [1.82, 2.24) is 15.0 Å². The number of hydrogen-bond donors (Lipinski definition) is 1. The number of ether oxygens (including phenoxy) is 1. The molecule has 1 N–H and O–H groups in total. The second-order valence-electron chi connectivity index (χ2n) is 8.19. The minimum absolute atomic E-state index is 0.112. The van der Waals surface area contributed by atoms with E-state index in [1.54, 1.807) is 31.8 Å². The molecule has 2 saturated carbocycles. The van der Waals surface area contributed by atoms with Crippen molar-refractivity contribution in [1.29, 1.82) is 0 Å². The number of anilines is 2. The van der Waals surface area contributed by atoms with Gasteiger partial charge in [0.05, 0.1) is 36.8 Å². The monoisotopic (exact) mass is 399 g/mol. The topological polar surface area (TPSA) is 80.2 Å². The van der Waals surface area contributed by atoms with Gasteiger partial charge in [0.1, 0.15) is 11.0 Å². The van der Waals surface area contributed by atoms with E-state index >= 15 is 0 Å². The van der Waals surface area contributed by atoms with Crippen LogP contribution in [0.2, 0.25) is 5.15 Å². The first kappa shape index (κ1) is 17.7. The van der Waals surface area contributed by atoms with Gasteiger partial charge in [-0.25, -0.2) is 15.0 Å². The van der Waals surface area contributed by atoms with E-state index in [2.05, 4.69) is 25.2 Å². The van der Waals surface area contributed by atoms with Crippen molar-refractivity contribution in [2.24, 2.45) is 11.3 Å². The number of amides is 1. The van der Waals surface area contributed by atoms with Crippen LogP contribution in [0.3, 0.4) is 0 Å². The van der Waals surface area contributed by atoms with Gasteiger partial charge >= 0.3 is 0 Å². The summed E-state index contributed by atoms with van der Waals surface area (Å²) in [4.78, 5) is 28.5. The average molecular weight is 400 g/mol. The molecule has 4 bridgehead atoms. The first-order valence-corrected chi connectivity index (χ1v) is 10.0. The number of aromatic nitrogens is 3. The SMILES string of the molecule is COc1ccc(NC(=O)C23CC4CC(C2)N(c2cnc(Cl)cn2)C(C4)C3)cn1. The van der Waals surface area contributed by atoms with Gasteiger partial charge in [-0.2, -0.15) is 0 Å². The number of hydrogen-bond acceptors (Lipinski definition) is 6. The van der Waals surface area contributed by atoms with E-state index in [1.807, 2.05) is 6.07 Å². The fourth-order valence-corrected chi connectivity index (χ4v) is 5.65. The number of carbonyl (C=O) groups is 1. The van der Waals surface area contributed by atoms with Crippen LogP contribution in [-0.2, 0) is 4.79 Å². The van der Waals surface area contributed by atoms with Crippen molar-refractivity contribution in [2.45, 2.75) is 44.2 Å². The Hall–Kier alpha value is -2.41. The number of nitrogens with zero attached hydrogens (tertiary/aromatic N) is 4. The van der Waals surface area contributed by atoms with E-state index in [0.717, 1.165) is 37.9 Å². The lowest BCUT2D eigenvalue weighted by molar-refractivity contribution is -0.134. The van der Waals surface area contributed by atoms with E-state index in [9.17, 15) is 4.79 Å². The molecule has 8 heteroatoms. The highest BCUT2D eigenvalue weighted by Crippen LogP contribution is 2.57. The molecule has 6 rings (SSSR count). The summed E-state index contributed by atoms with van der Waals surface area (Å²) in [6, 6.07) is 4.23. The Balaban J connectivity index is 1.37. The summed E-state index contributed by atoms with van der Waals surface area (Å²) in [6.45, 7) is 0. The van der Waals surface area contributed by atoms with Crippen molar-refractivity contribution in [3.05, 3.63) is 35.9 Å². The second kappa shape index (κ2) is 6.58. The zero-order valence-corrected chi connectivity index (χ0v) is 16.4. The molecule has 0 spiro atoms. The van der Waals surface area contributed by atoms with Gasteiger partial charge in [-0.1, -0.05) is 11.6 Å². The van der Waals surface area contributed by atoms with Gasteiger partial charge in [0.25, 0.3) is 0 Å². The Morgan fingerprint density at radius 2 is 1.93 bits per heavy atom. The molecule has 1 amide bonds. The Kier molecular flexibility index (Phi) is 4.16. The number of rotatable bonds is 4. The molecule has 2 aromatic rings. The predicted molar refractivity (Wildman–Crippen MR) is 106 cm³/mol. The summed E-state index contributed by atoms with van der Waals surface area (Å²) in [5, 5.41) is 3.49. The minimum Gasteiger partial charge on any atom is -0.481 e. The number of pyridine rings is 1. The second-order valence-corrected chi connectivity index (χ2v) is 8.57. The van der Waals surface area contributed by atoms with Gasteiger partial charge in [-0.3, -0.25) is 4.79 Å². The fraction of sp³-hybridized carbons (Fsp3) is 0.500. The van der Waals surface area contributed by atoms with Gasteiger partial charge in [-0.15, -0.1) is 0 Å². The third-order valence-electron chi connectivity index (χ3n) is 6.49. The molecule has 2 atom stereocenters. The lowest BCUT2D eigenvalue weighted by Gasteiger charge is -2.61. The smallest absolute Gasteiger partial charge is 0.230 e. The normalized spacial score (nSPS) is 30.4. The zero-order chi connectivity index (χ0) is 19.3. The Morgan fingerprint density at radius 1 is 1.14 bits per heavy atom. The van der Waals surface area contributed by atoms with Crippen molar-refractivity contribution in [2.75, 3.05) is 17.3 Å². The molecule has 2 aromatic heterocycles. The van der Waals surface area contributed by atoms with Crippen molar-refractivity contribution in [3.8, 4) is 5.88 Å². The Morgan fingerprint density at radius 3 is 2.54 bits per heavy atom. The van der Waals surface area contributed by atoms with Gasteiger partial charge in [0.2, 0.25) is 11.8 Å². The molecule has 2 unspecified atom stereocenters. The van der Waals surface area contributed by atoms with Gasteiger partial charge < -0.3 is 15.0 Å². The van der Waals surface area contributed by atoms with Crippen LogP contribution in [0.1, 0.15) is 32.1 Å². The van der Waals surface area contributed by atoms with Crippen molar-refractivity contribution >= 4 is 29.0 Å². The number of piperidine rings is 2. The number of halogens is 1. The number of methoxy groups -OCH3 is 1. The summed E-state index contributed by atoms with van der Waals surface area (Å²) < 4.78 is 5.09. The number of nitrogens with one attached hydrogen (secondary N) is 1. The zero-order valence-electron chi connectivity index (χ0n) is 15.6. The summed E-state index contributed by atoms with van der Waals surface area (Å²) in [5.74, 6) is 2.11. The highest BCUT2D eigenvalue weighted by molar-refractivity contribution is 6.29.